The van der Waals surface area contributed by atoms with Crippen molar-refractivity contribution < 1.29 is 14.5 Å². The van der Waals surface area contributed by atoms with Gasteiger partial charge in [0.25, 0.3) is 5.91 Å². The molecular weight excluding hydrogens is 380 g/mol. The van der Waals surface area contributed by atoms with Crippen molar-refractivity contribution in [3.63, 3.8) is 0 Å². The lowest BCUT2D eigenvalue weighted by Gasteiger charge is -2.16. The van der Waals surface area contributed by atoms with Crippen molar-refractivity contribution >= 4 is 28.2 Å². The van der Waals surface area contributed by atoms with Crippen LogP contribution in [-0.4, -0.2) is 12.5 Å². The maximum Gasteiger partial charge on any atom is 0.275 e. The highest BCUT2D eigenvalue weighted by Gasteiger charge is 2.21. The first-order chi connectivity index (χ1) is 14.1. The predicted molar refractivity (Wildman–Crippen MR) is 117 cm³/mol. The molecule has 0 saturated carbocycles. The molecule has 0 spiro atoms. The Kier molecular flexibility index (Phi) is 5.79. The van der Waals surface area contributed by atoms with Gasteiger partial charge in [-0.25, -0.2) is 0 Å². The van der Waals surface area contributed by atoms with Crippen molar-refractivity contribution in [2.45, 2.75) is 25.9 Å². The maximum atomic E-state index is 12.6. The number of nitrogens with one attached hydrogen (secondary N) is 1. The van der Waals surface area contributed by atoms with Gasteiger partial charge in [-0.15, -0.1) is 11.3 Å². The number of nitrogens with two attached hydrogens (primary N) is 1. The standard InChI is InChI=1S/C24H24N2O2S/c1-16-9-11-18(12-10-16)24(22-8-5-13-29-22)25-15-23(27)26-17(2)21-14-19-6-3-4-7-20(19)28-21/h3-14,17,24-25H,15H2,1-2H3,(H,26,27)/p+1/t17-,24+/m0/s1. The Morgan fingerprint density at radius 2 is 1.90 bits per heavy atom. The van der Waals surface area contributed by atoms with E-state index in [1.54, 1.807) is 11.3 Å². The molecule has 0 bridgehead atoms. The minimum absolute atomic E-state index is 0.00776. The van der Waals surface area contributed by atoms with Gasteiger partial charge in [-0.1, -0.05) is 54.1 Å². The molecule has 2 aromatic carbocycles. The number of quaternary nitrogens is 1. The van der Waals surface area contributed by atoms with Gasteiger partial charge >= 0.3 is 0 Å². The fraction of sp³-hybridized carbons (Fsp3) is 0.208. The molecule has 0 aliphatic rings. The van der Waals surface area contributed by atoms with Gasteiger partial charge in [0.05, 0.1) is 10.9 Å². The van der Waals surface area contributed by atoms with Gasteiger partial charge in [-0.05, 0) is 37.4 Å². The Labute approximate surface area is 174 Å². The first kappa shape index (κ1) is 19.4. The van der Waals surface area contributed by atoms with Gasteiger partial charge in [-0.2, -0.15) is 0 Å². The molecule has 29 heavy (non-hydrogen) atoms. The second kappa shape index (κ2) is 8.64. The van der Waals surface area contributed by atoms with E-state index in [4.69, 9.17) is 4.42 Å². The molecule has 2 heterocycles. The van der Waals surface area contributed by atoms with Crippen molar-refractivity contribution in [2.75, 3.05) is 6.54 Å². The molecule has 148 valence electrons. The minimum Gasteiger partial charge on any atom is -0.459 e. The lowest BCUT2D eigenvalue weighted by Crippen LogP contribution is -2.87. The molecule has 2 aromatic heterocycles. The molecule has 3 N–H and O–H groups in total. The molecule has 4 rings (SSSR count). The molecule has 5 heteroatoms. The third kappa shape index (κ3) is 4.58. The number of para-hydroxylation sites is 1. The average molecular weight is 406 g/mol. The van der Waals surface area contributed by atoms with E-state index in [-0.39, 0.29) is 18.0 Å². The van der Waals surface area contributed by atoms with Crippen LogP contribution in [0.1, 0.15) is 40.8 Å². The second-order valence-electron chi connectivity index (χ2n) is 7.32. The normalized spacial score (nSPS) is 13.3. The van der Waals surface area contributed by atoms with Gasteiger partial charge in [0, 0.05) is 10.9 Å². The highest BCUT2D eigenvalue weighted by atomic mass is 32.1. The molecule has 0 unspecified atom stereocenters. The van der Waals surface area contributed by atoms with Gasteiger partial charge in [0.15, 0.2) is 6.54 Å². The maximum absolute atomic E-state index is 12.6. The van der Waals surface area contributed by atoms with E-state index >= 15 is 0 Å². The first-order valence-corrected chi connectivity index (χ1v) is 10.7. The average Bonchev–Trinajstić information content (AvgIpc) is 3.39. The number of carbonyl (C=O) groups excluding carboxylic acids is 1. The van der Waals surface area contributed by atoms with Crippen LogP contribution in [0.2, 0.25) is 0 Å². The number of benzene rings is 2. The minimum atomic E-state index is -0.178. The van der Waals surface area contributed by atoms with Crippen LogP contribution in [0.5, 0.6) is 0 Å². The quantitative estimate of drug-likeness (QED) is 0.481. The van der Waals surface area contributed by atoms with Crippen molar-refractivity contribution in [2.24, 2.45) is 0 Å². The van der Waals surface area contributed by atoms with E-state index in [1.165, 1.54) is 16.0 Å². The van der Waals surface area contributed by atoms with Crippen LogP contribution < -0.4 is 10.6 Å². The zero-order valence-corrected chi connectivity index (χ0v) is 17.4. The van der Waals surface area contributed by atoms with E-state index in [9.17, 15) is 4.79 Å². The third-order valence-electron chi connectivity index (χ3n) is 5.07. The number of thiophene rings is 1. The number of hydrogen-bond donors (Lipinski definition) is 2. The number of furan rings is 1. The lowest BCUT2D eigenvalue weighted by molar-refractivity contribution is -0.676. The summed E-state index contributed by atoms with van der Waals surface area (Å²) in [5.74, 6) is 0.763. The zero-order valence-electron chi connectivity index (χ0n) is 16.6. The zero-order chi connectivity index (χ0) is 20.2. The first-order valence-electron chi connectivity index (χ1n) is 9.81. The summed E-state index contributed by atoms with van der Waals surface area (Å²) >= 11 is 1.72. The largest absolute Gasteiger partial charge is 0.459 e. The Morgan fingerprint density at radius 1 is 1.10 bits per heavy atom. The SMILES string of the molecule is Cc1ccc([C@@H]([NH2+]CC(=O)N[C@@H](C)c2cc3ccccc3o2)c2cccs2)cc1. The fourth-order valence-corrected chi connectivity index (χ4v) is 4.32. The molecule has 0 saturated heterocycles. The smallest absolute Gasteiger partial charge is 0.275 e. The van der Waals surface area contributed by atoms with Crippen LogP contribution in [0.3, 0.4) is 0 Å². The number of hydrogen-bond acceptors (Lipinski definition) is 3. The van der Waals surface area contributed by atoms with Crippen molar-refractivity contribution in [1.29, 1.82) is 0 Å². The highest BCUT2D eigenvalue weighted by molar-refractivity contribution is 7.10. The predicted octanol–water partition coefficient (Wildman–Crippen LogP) is 4.33. The number of fused-ring (bicyclic) bond motifs is 1. The van der Waals surface area contributed by atoms with E-state index in [1.807, 2.05) is 37.3 Å². The number of carbonyl (C=O) groups is 1. The Hall–Kier alpha value is -2.89. The van der Waals surface area contributed by atoms with E-state index < -0.39 is 0 Å². The Morgan fingerprint density at radius 3 is 2.62 bits per heavy atom. The molecule has 0 aliphatic carbocycles. The Balaban J connectivity index is 1.41. The summed E-state index contributed by atoms with van der Waals surface area (Å²) in [6, 6.07) is 22.5. The van der Waals surface area contributed by atoms with E-state index in [0.717, 1.165) is 16.7 Å². The van der Waals surface area contributed by atoms with Crippen molar-refractivity contribution in [3.8, 4) is 0 Å². The highest BCUT2D eigenvalue weighted by Crippen LogP contribution is 2.24. The van der Waals surface area contributed by atoms with Gasteiger partial charge in [0.1, 0.15) is 17.4 Å². The summed E-state index contributed by atoms with van der Waals surface area (Å²) in [6.07, 6.45) is 0. The topological polar surface area (TPSA) is 58.9 Å². The second-order valence-corrected chi connectivity index (χ2v) is 8.30. The summed E-state index contributed by atoms with van der Waals surface area (Å²) in [5.41, 5.74) is 3.28. The molecule has 2 atom stereocenters. The van der Waals surface area contributed by atoms with Gasteiger partial charge in [0.2, 0.25) is 0 Å². The molecular formula is C24H25N2O2S+. The van der Waals surface area contributed by atoms with E-state index in [2.05, 4.69) is 59.3 Å². The number of rotatable bonds is 7. The van der Waals surface area contributed by atoms with Crippen LogP contribution in [0.25, 0.3) is 11.0 Å². The fourth-order valence-electron chi connectivity index (χ4n) is 3.47. The molecule has 4 nitrogen and oxygen atoms in total. The van der Waals surface area contributed by atoms with Gasteiger partial charge in [-0.3, -0.25) is 4.79 Å². The molecule has 0 aliphatic heterocycles. The molecule has 0 fully saturated rings. The summed E-state index contributed by atoms with van der Waals surface area (Å²) in [4.78, 5) is 13.9. The van der Waals surface area contributed by atoms with E-state index in [0.29, 0.717) is 6.54 Å². The van der Waals surface area contributed by atoms with Crippen LogP contribution in [0, 0.1) is 6.92 Å². The molecule has 4 aromatic rings. The summed E-state index contributed by atoms with van der Waals surface area (Å²) in [7, 11) is 0. The number of aryl methyl sites for hydroxylation is 1. The Bertz CT molecular complexity index is 1050. The summed E-state index contributed by atoms with van der Waals surface area (Å²) in [6.45, 7) is 4.38. The lowest BCUT2D eigenvalue weighted by atomic mass is 10.0. The molecule has 0 radical (unpaired) electrons. The number of amides is 1. The third-order valence-corrected chi connectivity index (χ3v) is 6.03. The van der Waals surface area contributed by atoms with Crippen LogP contribution in [0.15, 0.2) is 76.5 Å². The van der Waals surface area contributed by atoms with Crippen LogP contribution >= 0.6 is 11.3 Å². The van der Waals surface area contributed by atoms with Gasteiger partial charge < -0.3 is 15.1 Å². The van der Waals surface area contributed by atoms with Crippen molar-refractivity contribution in [1.82, 2.24) is 5.32 Å². The van der Waals surface area contributed by atoms with Crippen molar-refractivity contribution in [3.05, 3.63) is 93.9 Å². The molecule has 1 amide bonds. The van der Waals surface area contributed by atoms with Crippen LogP contribution in [0.4, 0.5) is 0 Å². The summed E-state index contributed by atoms with van der Waals surface area (Å²) in [5, 5.41) is 8.28. The monoisotopic (exact) mass is 405 g/mol. The van der Waals surface area contributed by atoms with Crippen LogP contribution in [-0.2, 0) is 4.79 Å². The summed E-state index contributed by atoms with van der Waals surface area (Å²) < 4.78 is 5.87.